The van der Waals surface area contributed by atoms with Crippen LogP contribution in [0.1, 0.15) is 6.42 Å². The summed E-state index contributed by atoms with van der Waals surface area (Å²) in [6.07, 6.45) is -0.313. The zero-order valence-electron chi connectivity index (χ0n) is 7.99. The molecule has 0 fully saturated rings. The molecule has 0 unspecified atom stereocenters. The Morgan fingerprint density at radius 3 is 2.47 bits per heavy atom. The molecule has 0 bridgehead atoms. The van der Waals surface area contributed by atoms with Crippen molar-refractivity contribution in [1.29, 1.82) is 0 Å². The van der Waals surface area contributed by atoms with Crippen molar-refractivity contribution in [3.8, 4) is 0 Å². The first-order valence-corrected chi connectivity index (χ1v) is 5.80. The van der Waals surface area contributed by atoms with Crippen LogP contribution < -0.4 is 4.90 Å². The van der Waals surface area contributed by atoms with Gasteiger partial charge in [0, 0.05) is 22.6 Å². The van der Waals surface area contributed by atoms with Gasteiger partial charge in [0.1, 0.15) is 0 Å². The molecule has 0 saturated heterocycles. The van der Waals surface area contributed by atoms with Crippen molar-refractivity contribution in [2.75, 3.05) is 17.3 Å². The van der Waals surface area contributed by atoms with Gasteiger partial charge in [0.05, 0.1) is 0 Å². The number of carbonyl (C=O) groups is 1. The standard InChI is InChI=1S/C10H11BrClNO2/c11-8-2-4-9(5-3-8)13(10(14)15)7-1-6-12/h2-5H,1,6-7H2,(H,14,15). The van der Waals surface area contributed by atoms with Gasteiger partial charge in [-0.05, 0) is 30.7 Å². The summed E-state index contributed by atoms with van der Waals surface area (Å²) >= 11 is 8.83. The average Bonchev–Trinajstić information content (AvgIpc) is 2.21. The minimum atomic E-state index is -0.956. The van der Waals surface area contributed by atoms with Crippen LogP contribution in [-0.2, 0) is 0 Å². The van der Waals surface area contributed by atoms with Crippen LogP contribution in [0.5, 0.6) is 0 Å². The zero-order valence-corrected chi connectivity index (χ0v) is 10.3. The van der Waals surface area contributed by atoms with Crippen LogP contribution in [-0.4, -0.2) is 23.6 Å². The van der Waals surface area contributed by atoms with E-state index in [2.05, 4.69) is 15.9 Å². The van der Waals surface area contributed by atoms with Crippen LogP contribution in [0.25, 0.3) is 0 Å². The minimum Gasteiger partial charge on any atom is -0.465 e. The first kappa shape index (κ1) is 12.3. The Balaban J connectivity index is 2.79. The van der Waals surface area contributed by atoms with Crippen molar-refractivity contribution in [2.45, 2.75) is 6.42 Å². The lowest BCUT2D eigenvalue weighted by Gasteiger charge is -2.18. The number of benzene rings is 1. The summed E-state index contributed by atoms with van der Waals surface area (Å²) in [5.41, 5.74) is 0.663. The summed E-state index contributed by atoms with van der Waals surface area (Å²) in [7, 11) is 0. The molecule has 5 heteroatoms. The largest absolute Gasteiger partial charge is 0.465 e. The summed E-state index contributed by atoms with van der Waals surface area (Å²) < 4.78 is 0.925. The second kappa shape index (κ2) is 5.98. The van der Waals surface area contributed by atoms with Crippen LogP contribution in [0.2, 0.25) is 0 Å². The van der Waals surface area contributed by atoms with Gasteiger partial charge in [-0.25, -0.2) is 4.79 Å². The molecule has 0 spiro atoms. The molecule has 0 aromatic heterocycles. The number of amides is 1. The summed E-state index contributed by atoms with van der Waals surface area (Å²) in [5.74, 6) is 0.459. The van der Waals surface area contributed by atoms with Crippen molar-refractivity contribution in [3.05, 3.63) is 28.7 Å². The predicted molar refractivity (Wildman–Crippen MR) is 64.8 cm³/mol. The van der Waals surface area contributed by atoms with Crippen molar-refractivity contribution in [1.82, 2.24) is 0 Å². The van der Waals surface area contributed by atoms with Crippen LogP contribution in [0.3, 0.4) is 0 Å². The van der Waals surface area contributed by atoms with Gasteiger partial charge in [-0.15, -0.1) is 11.6 Å². The molecule has 0 aliphatic rings. The van der Waals surface area contributed by atoms with Gasteiger partial charge in [-0.1, -0.05) is 15.9 Å². The molecule has 0 saturated carbocycles. The maximum absolute atomic E-state index is 11.0. The maximum atomic E-state index is 11.0. The number of hydrogen-bond donors (Lipinski definition) is 1. The molecule has 15 heavy (non-hydrogen) atoms. The van der Waals surface area contributed by atoms with E-state index in [9.17, 15) is 4.79 Å². The normalized spacial score (nSPS) is 10.0. The number of nitrogens with zero attached hydrogens (tertiary/aromatic N) is 1. The lowest BCUT2D eigenvalue weighted by molar-refractivity contribution is 0.202. The zero-order chi connectivity index (χ0) is 11.3. The first-order valence-electron chi connectivity index (χ1n) is 4.47. The van der Waals surface area contributed by atoms with E-state index in [1.807, 2.05) is 12.1 Å². The van der Waals surface area contributed by atoms with Crippen molar-refractivity contribution in [3.63, 3.8) is 0 Å². The predicted octanol–water partition coefficient (Wildman–Crippen LogP) is 3.56. The molecule has 0 radical (unpaired) electrons. The van der Waals surface area contributed by atoms with Gasteiger partial charge >= 0.3 is 6.09 Å². The molecule has 0 heterocycles. The molecular formula is C10H11BrClNO2. The van der Waals surface area contributed by atoms with Gasteiger partial charge in [0.2, 0.25) is 0 Å². The first-order chi connectivity index (χ1) is 7.15. The van der Waals surface area contributed by atoms with Gasteiger partial charge in [0.15, 0.2) is 0 Å². The smallest absolute Gasteiger partial charge is 0.411 e. The molecule has 0 aliphatic heterocycles. The number of hydrogen-bond acceptors (Lipinski definition) is 1. The highest BCUT2D eigenvalue weighted by molar-refractivity contribution is 9.10. The Kier molecular flexibility index (Phi) is 4.91. The Labute approximate surface area is 102 Å². The Morgan fingerprint density at radius 1 is 1.40 bits per heavy atom. The van der Waals surface area contributed by atoms with Crippen LogP contribution in [0.15, 0.2) is 28.7 Å². The molecule has 0 aliphatic carbocycles. The van der Waals surface area contributed by atoms with E-state index >= 15 is 0 Å². The summed E-state index contributed by atoms with van der Waals surface area (Å²) in [5, 5.41) is 8.99. The molecule has 1 amide bonds. The van der Waals surface area contributed by atoms with E-state index < -0.39 is 6.09 Å². The van der Waals surface area contributed by atoms with Crippen LogP contribution >= 0.6 is 27.5 Å². The quantitative estimate of drug-likeness (QED) is 0.862. The summed E-state index contributed by atoms with van der Waals surface area (Å²) in [6, 6.07) is 7.14. The molecule has 1 aromatic rings. The van der Waals surface area contributed by atoms with Crippen LogP contribution in [0, 0.1) is 0 Å². The minimum absolute atomic E-state index is 0.417. The number of anilines is 1. The molecule has 82 valence electrons. The lowest BCUT2D eigenvalue weighted by Crippen LogP contribution is -2.30. The highest BCUT2D eigenvalue weighted by atomic mass is 79.9. The van der Waals surface area contributed by atoms with E-state index in [0.717, 1.165) is 4.47 Å². The SMILES string of the molecule is O=C(O)N(CCCCl)c1ccc(Br)cc1. The fourth-order valence-electron chi connectivity index (χ4n) is 1.17. The highest BCUT2D eigenvalue weighted by Gasteiger charge is 2.12. The second-order valence-electron chi connectivity index (χ2n) is 2.95. The molecule has 1 N–H and O–H groups in total. The summed E-state index contributed by atoms with van der Waals surface area (Å²) in [6.45, 7) is 0.417. The van der Waals surface area contributed by atoms with Gasteiger partial charge < -0.3 is 5.11 Å². The fraction of sp³-hybridized carbons (Fsp3) is 0.300. The van der Waals surface area contributed by atoms with Gasteiger partial charge in [-0.3, -0.25) is 4.90 Å². The monoisotopic (exact) mass is 291 g/mol. The number of carboxylic acid groups (broad SMARTS) is 1. The van der Waals surface area contributed by atoms with E-state index in [1.54, 1.807) is 12.1 Å². The van der Waals surface area contributed by atoms with Gasteiger partial charge in [0.25, 0.3) is 0 Å². The van der Waals surface area contributed by atoms with Crippen LogP contribution in [0.4, 0.5) is 10.5 Å². The third-order valence-corrected chi connectivity index (χ3v) is 2.68. The third-order valence-electron chi connectivity index (χ3n) is 1.88. The molecule has 0 atom stereocenters. The molecular weight excluding hydrogens is 281 g/mol. The third kappa shape index (κ3) is 3.72. The van der Waals surface area contributed by atoms with E-state index in [0.29, 0.717) is 24.5 Å². The maximum Gasteiger partial charge on any atom is 0.411 e. The Morgan fingerprint density at radius 2 is 2.00 bits per heavy atom. The Bertz CT molecular complexity index is 329. The number of halogens is 2. The van der Waals surface area contributed by atoms with E-state index in [1.165, 1.54) is 4.90 Å². The van der Waals surface area contributed by atoms with E-state index in [4.69, 9.17) is 16.7 Å². The highest BCUT2D eigenvalue weighted by Crippen LogP contribution is 2.18. The van der Waals surface area contributed by atoms with Crippen molar-refractivity contribution < 1.29 is 9.90 Å². The van der Waals surface area contributed by atoms with Crippen molar-refractivity contribution >= 4 is 39.3 Å². The fourth-order valence-corrected chi connectivity index (χ4v) is 1.56. The topological polar surface area (TPSA) is 40.5 Å². The molecule has 1 aromatic carbocycles. The lowest BCUT2D eigenvalue weighted by atomic mass is 10.3. The van der Waals surface area contributed by atoms with Gasteiger partial charge in [-0.2, -0.15) is 0 Å². The molecule has 1 rings (SSSR count). The number of rotatable bonds is 4. The Hall–Kier alpha value is -0.740. The molecule has 3 nitrogen and oxygen atoms in total. The van der Waals surface area contributed by atoms with E-state index in [-0.39, 0.29) is 0 Å². The summed E-state index contributed by atoms with van der Waals surface area (Å²) in [4.78, 5) is 12.2. The number of alkyl halides is 1. The van der Waals surface area contributed by atoms with Crippen molar-refractivity contribution in [2.24, 2.45) is 0 Å². The average molecular weight is 293 g/mol. The second-order valence-corrected chi connectivity index (χ2v) is 4.25.